The van der Waals surface area contributed by atoms with Gasteiger partial charge in [0, 0.05) is 12.7 Å². The van der Waals surface area contributed by atoms with Crippen molar-refractivity contribution in [2.24, 2.45) is 0 Å². The van der Waals surface area contributed by atoms with E-state index in [1.54, 1.807) is 43.4 Å². The number of hydrogen-bond acceptors (Lipinski definition) is 3. The Hall–Kier alpha value is -2.01. The molecule has 0 bridgehead atoms. The minimum atomic E-state index is -3.42. The minimum absolute atomic E-state index is 0.0670. The lowest BCUT2D eigenvalue weighted by Crippen LogP contribution is -2.27. The summed E-state index contributed by atoms with van der Waals surface area (Å²) < 4.78 is 26.1. The fraction of sp³-hybridized carbons (Fsp3) is 0.200. The largest absolute Gasteiger partial charge is 0.399 e. The van der Waals surface area contributed by atoms with E-state index in [1.807, 2.05) is 19.1 Å². The number of rotatable bonds is 4. The van der Waals surface area contributed by atoms with Crippen LogP contribution in [0, 0.1) is 6.92 Å². The third-order valence-electron chi connectivity index (χ3n) is 3.11. The summed E-state index contributed by atoms with van der Waals surface area (Å²) in [6.45, 7) is 1.96. The number of nitrogen functional groups attached to an aromatic ring is 1. The molecule has 0 aliphatic heterocycles. The van der Waals surface area contributed by atoms with Crippen molar-refractivity contribution in [1.82, 2.24) is 0 Å². The zero-order chi connectivity index (χ0) is 14.8. The maximum Gasteiger partial charge on any atom is 0.239 e. The van der Waals surface area contributed by atoms with Crippen molar-refractivity contribution in [2.75, 3.05) is 17.1 Å². The summed E-state index contributed by atoms with van der Waals surface area (Å²) >= 11 is 0. The van der Waals surface area contributed by atoms with Crippen LogP contribution in [0.25, 0.3) is 0 Å². The van der Waals surface area contributed by atoms with E-state index in [4.69, 9.17) is 5.73 Å². The Labute approximate surface area is 119 Å². The van der Waals surface area contributed by atoms with Crippen molar-refractivity contribution < 1.29 is 8.42 Å². The zero-order valence-corrected chi connectivity index (χ0v) is 12.4. The molecule has 0 amide bonds. The van der Waals surface area contributed by atoms with Crippen molar-refractivity contribution >= 4 is 21.4 Å². The first-order chi connectivity index (χ1) is 9.38. The number of nitrogens with zero attached hydrogens (tertiary/aromatic N) is 1. The molecule has 0 spiro atoms. The first-order valence-corrected chi connectivity index (χ1v) is 7.87. The topological polar surface area (TPSA) is 63.4 Å². The van der Waals surface area contributed by atoms with Gasteiger partial charge in [-0.1, -0.05) is 29.8 Å². The smallest absolute Gasteiger partial charge is 0.239 e. The lowest BCUT2D eigenvalue weighted by atomic mass is 10.2. The maximum atomic E-state index is 12.4. The second-order valence-electron chi connectivity index (χ2n) is 4.80. The van der Waals surface area contributed by atoms with Gasteiger partial charge in [-0.15, -0.1) is 0 Å². The van der Waals surface area contributed by atoms with E-state index < -0.39 is 10.0 Å². The highest BCUT2D eigenvalue weighted by molar-refractivity contribution is 7.92. The molecule has 0 aromatic heterocycles. The first-order valence-electron chi connectivity index (χ1n) is 6.26. The van der Waals surface area contributed by atoms with Crippen molar-refractivity contribution in [2.45, 2.75) is 12.7 Å². The van der Waals surface area contributed by atoms with Gasteiger partial charge >= 0.3 is 0 Å². The summed E-state index contributed by atoms with van der Waals surface area (Å²) in [5.41, 5.74) is 8.67. The van der Waals surface area contributed by atoms with Crippen LogP contribution in [0.15, 0.2) is 48.5 Å². The molecule has 2 aromatic rings. The highest BCUT2D eigenvalue weighted by Gasteiger charge is 2.19. The van der Waals surface area contributed by atoms with Crippen LogP contribution in [0.5, 0.6) is 0 Å². The molecule has 0 radical (unpaired) electrons. The van der Waals surface area contributed by atoms with E-state index in [0.29, 0.717) is 16.9 Å². The molecule has 4 nitrogen and oxygen atoms in total. The molecule has 106 valence electrons. The number of benzene rings is 2. The molecule has 0 heterocycles. The molecule has 0 saturated heterocycles. The van der Waals surface area contributed by atoms with Crippen LogP contribution in [0.2, 0.25) is 0 Å². The molecule has 20 heavy (non-hydrogen) atoms. The van der Waals surface area contributed by atoms with Crippen LogP contribution in [-0.2, 0) is 15.8 Å². The second-order valence-corrected chi connectivity index (χ2v) is 6.80. The summed E-state index contributed by atoms with van der Waals surface area (Å²) in [7, 11) is -1.86. The van der Waals surface area contributed by atoms with Crippen LogP contribution in [0.1, 0.15) is 11.1 Å². The maximum absolute atomic E-state index is 12.4. The lowest BCUT2D eigenvalue weighted by molar-refractivity contribution is 0.593. The summed E-state index contributed by atoms with van der Waals surface area (Å²) in [6, 6.07) is 14.3. The lowest BCUT2D eigenvalue weighted by Gasteiger charge is -2.19. The normalized spacial score (nSPS) is 11.3. The van der Waals surface area contributed by atoms with Gasteiger partial charge in [0.15, 0.2) is 0 Å². The fourth-order valence-corrected chi connectivity index (χ4v) is 3.14. The van der Waals surface area contributed by atoms with Gasteiger partial charge < -0.3 is 5.73 Å². The molecular weight excluding hydrogens is 272 g/mol. The molecular formula is C15H18N2O2S. The highest BCUT2D eigenvalue weighted by atomic mass is 32.2. The van der Waals surface area contributed by atoms with Crippen molar-refractivity contribution in [1.29, 1.82) is 0 Å². The average molecular weight is 290 g/mol. The van der Waals surface area contributed by atoms with Crippen molar-refractivity contribution in [3.63, 3.8) is 0 Å². The fourth-order valence-electron chi connectivity index (χ4n) is 1.91. The predicted octanol–water partition coefficient (Wildman–Crippen LogP) is 2.54. The minimum Gasteiger partial charge on any atom is -0.399 e. The van der Waals surface area contributed by atoms with Gasteiger partial charge in [0.2, 0.25) is 10.0 Å². The SMILES string of the molecule is Cc1ccc(N(C)S(=O)(=O)Cc2cccc(N)c2)cc1. The first kappa shape index (κ1) is 14.4. The Morgan fingerprint density at radius 3 is 2.35 bits per heavy atom. The van der Waals surface area contributed by atoms with Crippen LogP contribution in [0.3, 0.4) is 0 Å². The molecule has 5 heteroatoms. The Bertz CT molecular complexity index is 694. The summed E-state index contributed by atoms with van der Waals surface area (Å²) in [5, 5.41) is 0. The average Bonchev–Trinajstić information content (AvgIpc) is 2.38. The Morgan fingerprint density at radius 1 is 1.10 bits per heavy atom. The zero-order valence-electron chi connectivity index (χ0n) is 11.6. The van der Waals surface area contributed by atoms with E-state index >= 15 is 0 Å². The van der Waals surface area contributed by atoms with Crippen LogP contribution in [-0.4, -0.2) is 15.5 Å². The van der Waals surface area contributed by atoms with Gasteiger partial charge in [-0.2, -0.15) is 0 Å². The van der Waals surface area contributed by atoms with Gasteiger partial charge in [0.25, 0.3) is 0 Å². The molecule has 0 aliphatic rings. The highest BCUT2D eigenvalue weighted by Crippen LogP contribution is 2.20. The molecule has 2 rings (SSSR count). The monoisotopic (exact) mass is 290 g/mol. The van der Waals surface area contributed by atoms with Gasteiger partial charge in [-0.05, 0) is 36.8 Å². The molecule has 0 saturated carbocycles. The van der Waals surface area contributed by atoms with E-state index in [0.717, 1.165) is 5.56 Å². The quantitative estimate of drug-likeness (QED) is 0.880. The van der Waals surface area contributed by atoms with Crippen LogP contribution >= 0.6 is 0 Å². The molecule has 0 aliphatic carbocycles. The molecule has 0 fully saturated rings. The van der Waals surface area contributed by atoms with E-state index in [1.165, 1.54) is 4.31 Å². The van der Waals surface area contributed by atoms with Gasteiger partial charge in [-0.25, -0.2) is 8.42 Å². The Kier molecular flexibility index (Phi) is 3.99. The van der Waals surface area contributed by atoms with Crippen molar-refractivity contribution in [3.05, 3.63) is 59.7 Å². The number of sulfonamides is 1. The summed E-state index contributed by atoms with van der Waals surface area (Å²) in [6.07, 6.45) is 0. The van der Waals surface area contributed by atoms with E-state index in [2.05, 4.69) is 0 Å². The van der Waals surface area contributed by atoms with E-state index in [-0.39, 0.29) is 5.75 Å². The van der Waals surface area contributed by atoms with Gasteiger partial charge in [0.1, 0.15) is 0 Å². The number of aryl methyl sites for hydroxylation is 1. The number of anilines is 2. The number of nitrogens with two attached hydrogens (primary N) is 1. The predicted molar refractivity (Wildman–Crippen MR) is 83.1 cm³/mol. The molecule has 0 atom stereocenters. The van der Waals surface area contributed by atoms with Crippen molar-refractivity contribution in [3.8, 4) is 0 Å². The van der Waals surface area contributed by atoms with E-state index in [9.17, 15) is 8.42 Å². The standard InChI is InChI=1S/C15H18N2O2S/c1-12-6-8-15(9-7-12)17(2)20(18,19)11-13-4-3-5-14(16)10-13/h3-10H,11,16H2,1-2H3. The third kappa shape index (κ3) is 3.30. The second kappa shape index (κ2) is 5.54. The Balaban J connectivity index is 2.24. The van der Waals surface area contributed by atoms with Gasteiger partial charge in [-0.3, -0.25) is 4.31 Å². The van der Waals surface area contributed by atoms with Gasteiger partial charge in [0.05, 0.1) is 11.4 Å². The molecule has 2 aromatic carbocycles. The molecule has 0 unspecified atom stereocenters. The van der Waals surface area contributed by atoms with Crippen LogP contribution in [0.4, 0.5) is 11.4 Å². The molecule has 2 N–H and O–H groups in total. The summed E-state index contributed by atoms with van der Waals surface area (Å²) in [5.74, 6) is -0.0670. The Morgan fingerprint density at radius 2 is 1.75 bits per heavy atom. The van der Waals surface area contributed by atoms with Crippen LogP contribution < -0.4 is 10.0 Å². The summed E-state index contributed by atoms with van der Waals surface area (Å²) in [4.78, 5) is 0. The third-order valence-corrected chi connectivity index (χ3v) is 4.86. The number of hydrogen-bond donors (Lipinski definition) is 1.